The van der Waals surface area contributed by atoms with Crippen molar-refractivity contribution in [1.82, 2.24) is 14.5 Å². The lowest BCUT2D eigenvalue weighted by atomic mass is 10.5. The van der Waals surface area contributed by atoms with Crippen LogP contribution in [0.15, 0.2) is 22.6 Å². The number of hydrogen-bond acceptors (Lipinski definition) is 3. The fourth-order valence-electron chi connectivity index (χ4n) is 0.828. The second-order valence-electron chi connectivity index (χ2n) is 2.99. The van der Waals surface area contributed by atoms with Gasteiger partial charge in [0.25, 0.3) is 0 Å². The Labute approximate surface area is 86.2 Å². The van der Waals surface area contributed by atoms with E-state index in [1.807, 2.05) is 0 Å². The highest BCUT2D eigenvalue weighted by atomic mass is 19.1. The van der Waals surface area contributed by atoms with Crippen molar-refractivity contribution in [3.8, 4) is 0 Å². The van der Waals surface area contributed by atoms with E-state index < -0.39 is 11.5 Å². The second-order valence-corrected chi connectivity index (χ2v) is 2.99. The maximum absolute atomic E-state index is 13.3. The Morgan fingerprint density at radius 1 is 1.67 bits per heavy atom. The van der Waals surface area contributed by atoms with Crippen molar-refractivity contribution in [2.75, 3.05) is 14.1 Å². The highest BCUT2D eigenvalue weighted by molar-refractivity contribution is 5.58. The van der Waals surface area contributed by atoms with Gasteiger partial charge in [-0.1, -0.05) is 6.58 Å². The number of nitrogens with zero attached hydrogens (tertiary/aromatic N) is 4. The Morgan fingerprint density at radius 2 is 2.33 bits per heavy atom. The molecule has 1 rings (SSSR count). The van der Waals surface area contributed by atoms with Gasteiger partial charge in [0.15, 0.2) is 11.6 Å². The van der Waals surface area contributed by atoms with Crippen LogP contribution in [-0.4, -0.2) is 34.9 Å². The minimum Gasteiger partial charge on any atom is -0.369 e. The van der Waals surface area contributed by atoms with Gasteiger partial charge >= 0.3 is 5.69 Å². The summed E-state index contributed by atoms with van der Waals surface area (Å²) < 4.78 is 14.2. The minimum absolute atomic E-state index is 0.230. The summed E-state index contributed by atoms with van der Waals surface area (Å²) in [7, 11) is 3.46. The van der Waals surface area contributed by atoms with E-state index in [-0.39, 0.29) is 5.82 Å². The molecule has 1 aromatic rings. The summed E-state index contributed by atoms with van der Waals surface area (Å²) in [5.74, 6) is -0.903. The van der Waals surface area contributed by atoms with Gasteiger partial charge in [-0.2, -0.15) is 4.98 Å². The number of hydrogen-bond donors (Lipinski definition) is 0. The first-order valence-corrected chi connectivity index (χ1v) is 4.16. The van der Waals surface area contributed by atoms with E-state index in [0.29, 0.717) is 0 Å². The van der Waals surface area contributed by atoms with Crippen LogP contribution < -0.4 is 5.69 Å². The Balaban J connectivity index is 3.16. The Morgan fingerprint density at radius 3 is 2.87 bits per heavy atom. The normalized spacial score (nSPS) is 10.6. The van der Waals surface area contributed by atoms with Crippen LogP contribution in [0.5, 0.6) is 0 Å². The predicted octanol–water partition coefficient (Wildman–Crippen LogP) is 0.704. The predicted molar refractivity (Wildman–Crippen MR) is 56.7 cm³/mol. The number of rotatable bonds is 3. The monoisotopic (exact) mass is 210 g/mol. The third-order valence-corrected chi connectivity index (χ3v) is 1.50. The number of aromatic nitrogens is 2. The Hall–Kier alpha value is -1.98. The molecule has 0 aliphatic heterocycles. The molecular formula is C9H11FN4O. The van der Waals surface area contributed by atoms with Crippen LogP contribution in [0.25, 0.3) is 6.20 Å². The first kappa shape index (κ1) is 11.1. The van der Waals surface area contributed by atoms with Gasteiger partial charge in [-0.15, -0.1) is 0 Å². The molecule has 1 aromatic heterocycles. The zero-order chi connectivity index (χ0) is 11.4. The molecule has 0 aromatic carbocycles. The van der Waals surface area contributed by atoms with Gasteiger partial charge in [0.05, 0.1) is 12.5 Å². The summed E-state index contributed by atoms with van der Waals surface area (Å²) in [6.07, 6.45) is 3.53. The highest BCUT2D eigenvalue weighted by Gasteiger charge is 2.04. The molecule has 0 spiro atoms. The van der Waals surface area contributed by atoms with Crippen LogP contribution in [0.2, 0.25) is 0 Å². The van der Waals surface area contributed by atoms with Gasteiger partial charge in [-0.3, -0.25) is 4.57 Å². The number of aliphatic imine (C=N–C) groups is 1. The van der Waals surface area contributed by atoms with Crippen LogP contribution in [0.4, 0.5) is 10.2 Å². The van der Waals surface area contributed by atoms with E-state index in [1.165, 1.54) is 12.5 Å². The average Bonchev–Trinajstić information content (AvgIpc) is 2.18. The molecule has 6 heteroatoms. The molecule has 0 amide bonds. The van der Waals surface area contributed by atoms with Crippen molar-refractivity contribution in [3.05, 3.63) is 29.1 Å². The van der Waals surface area contributed by atoms with E-state index in [1.54, 1.807) is 19.0 Å². The molecular weight excluding hydrogens is 199 g/mol. The van der Waals surface area contributed by atoms with Crippen molar-refractivity contribution >= 4 is 18.4 Å². The molecule has 0 bridgehead atoms. The zero-order valence-electron chi connectivity index (χ0n) is 8.51. The molecule has 5 nitrogen and oxygen atoms in total. The minimum atomic E-state index is -0.674. The lowest BCUT2D eigenvalue weighted by Crippen LogP contribution is -2.19. The number of halogens is 1. The largest absolute Gasteiger partial charge is 0.369 e. The van der Waals surface area contributed by atoms with Crippen molar-refractivity contribution < 1.29 is 4.39 Å². The maximum atomic E-state index is 13.3. The molecule has 0 unspecified atom stereocenters. The van der Waals surface area contributed by atoms with Gasteiger partial charge in [-0.05, 0) is 0 Å². The summed E-state index contributed by atoms with van der Waals surface area (Å²) >= 11 is 0. The van der Waals surface area contributed by atoms with Crippen molar-refractivity contribution in [1.29, 1.82) is 0 Å². The van der Waals surface area contributed by atoms with Gasteiger partial charge in [-0.25, -0.2) is 14.2 Å². The third kappa shape index (κ3) is 2.73. The van der Waals surface area contributed by atoms with Gasteiger partial charge < -0.3 is 4.90 Å². The van der Waals surface area contributed by atoms with Crippen LogP contribution in [0.3, 0.4) is 0 Å². The summed E-state index contributed by atoms with van der Waals surface area (Å²) in [4.78, 5) is 20.0. The molecule has 0 atom stereocenters. The quantitative estimate of drug-likeness (QED) is 0.545. The highest BCUT2D eigenvalue weighted by Crippen LogP contribution is 2.09. The molecule has 0 radical (unpaired) electrons. The molecule has 80 valence electrons. The van der Waals surface area contributed by atoms with Crippen LogP contribution in [0, 0.1) is 5.82 Å². The topological polar surface area (TPSA) is 50.5 Å². The molecule has 0 aliphatic carbocycles. The molecule has 0 aliphatic rings. The molecule has 0 fully saturated rings. The Kier molecular flexibility index (Phi) is 3.33. The standard InChI is InChI=1S/C9H11FN4O/c1-4-14-5-7(10)8(12-9(14)15)11-6-13(2)3/h4-6H,1H2,2-3H3. The summed E-state index contributed by atoms with van der Waals surface area (Å²) in [6, 6.07) is 0. The third-order valence-electron chi connectivity index (χ3n) is 1.50. The lowest BCUT2D eigenvalue weighted by molar-refractivity contribution is 0.603. The van der Waals surface area contributed by atoms with E-state index in [9.17, 15) is 9.18 Å². The van der Waals surface area contributed by atoms with Crippen LogP contribution >= 0.6 is 0 Å². The van der Waals surface area contributed by atoms with Gasteiger partial charge in [0.1, 0.15) is 0 Å². The van der Waals surface area contributed by atoms with E-state index >= 15 is 0 Å². The molecule has 15 heavy (non-hydrogen) atoms. The smallest absolute Gasteiger partial charge is 0.353 e. The summed E-state index contributed by atoms with van der Waals surface area (Å²) in [6.45, 7) is 3.35. The van der Waals surface area contributed by atoms with E-state index in [2.05, 4.69) is 16.6 Å². The molecule has 1 heterocycles. The molecule has 0 N–H and O–H groups in total. The van der Waals surface area contributed by atoms with Gasteiger partial charge in [0.2, 0.25) is 0 Å². The van der Waals surface area contributed by atoms with E-state index in [0.717, 1.165) is 10.8 Å². The fourth-order valence-corrected chi connectivity index (χ4v) is 0.828. The van der Waals surface area contributed by atoms with Crippen LogP contribution in [0.1, 0.15) is 0 Å². The lowest BCUT2D eigenvalue weighted by Gasteiger charge is -2.03. The van der Waals surface area contributed by atoms with Crippen molar-refractivity contribution in [3.63, 3.8) is 0 Å². The molecule has 0 saturated carbocycles. The average molecular weight is 210 g/mol. The maximum Gasteiger partial charge on any atom is 0.353 e. The fraction of sp³-hybridized carbons (Fsp3) is 0.222. The molecule has 0 saturated heterocycles. The summed E-state index contributed by atoms with van der Waals surface area (Å²) in [5, 5.41) is 0. The van der Waals surface area contributed by atoms with Crippen LogP contribution in [-0.2, 0) is 0 Å². The van der Waals surface area contributed by atoms with Crippen molar-refractivity contribution in [2.24, 2.45) is 4.99 Å². The van der Waals surface area contributed by atoms with E-state index in [4.69, 9.17) is 0 Å². The Bertz CT molecular complexity index is 450. The first-order chi connectivity index (χ1) is 7.04. The SMILES string of the molecule is C=Cn1cc(F)c(N=CN(C)C)nc1=O. The second kappa shape index (κ2) is 4.50. The van der Waals surface area contributed by atoms with Crippen molar-refractivity contribution in [2.45, 2.75) is 0 Å². The zero-order valence-corrected chi connectivity index (χ0v) is 8.51. The van der Waals surface area contributed by atoms with Gasteiger partial charge in [0, 0.05) is 20.3 Å². The summed E-state index contributed by atoms with van der Waals surface area (Å²) in [5.41, 5.74) is -0.614. The first-order valence-electron chi connectivity index (χ1n) is 4.16.